The minimum Gasteiger partial charge on any atom is -0.497 e. The molecule has 4 nitrogen and oxygen atoms in total. The van der Waals surface area contributed by atoms with Crippen LogP contribution in [-0.4, -0.2) is 30.5 Å². The molecule has 0 amide bonds. The molecule has 0 heterocycles. The zero-order valence-electron chi connectivity index (χ0n) is 12.5. The molecule has 0 radical (unpaired) electrons. The van der Waals surface area contributed by atoms with E-state index < -0.39 is 11.6 Å². The fraction of sp³-hybridized carbons (Fsp3) is 0.533. The van der Waals surface area contributed by atoms with E-state index in [0.29, 0.717) is 5.75 Å². The van der Waals surface area contributed by atoms with Crippen molar-refractivity contribution in [1.82, 2.24) is 0 Å². The van der Waals surface area contributed by atoms with E-state index in [1.807, 2.05) is 45.0 Å². The molecule has 1 rings (SSSR count). The lowest BCUT2D eigenvalue weighted by atomic mass is 10.2. The van der Waals surface area contributed by atoms with Gasteiger partial charge in [0.2, 0.25) is 0 Å². The van der Waals surface area contributed by atoms with Crippen LogP contribution in [0.4, 0.5) is 0 Å². The van der Waals surface area contributed by atoms with Crippen molar-refractivity contribution < 1.29 is 14.3 Å². The van der Waals surface area contributed by atoms with Crippen molar-refractivity contribution in [2.75, 3.05) is 12.9 Å². The molecule has 0 bridgehead atoms. The predicted octanol–water partition coefficient (Wildman–Crippen LogP) is 2.60. The molecule has 0 fully saturated rings. The maximum absolute atomic E-state index is 11.7. The first kappa shape index (κ1) is 16.9. The van der Waals surface area contributed by atoms with Crippen LogP contribution in [0.2, 0.25) is 0 Å². The Hall–Kier alpha value is -1.20. The van der Waals surface area contributed by atoms with Gasteiger partial charge in [-0.15, -0.1) is 0 Å². The third-order valence-electron chi connectivity index (χ3n) is 2.41. The summed E-state index contributed by atoms with van der Waals surface area (Å²) in [6, 6.07) is 7.26. The lowest BCUT2D eigenvalue weighted by Crippen LogP contribution is -2.39. The molecule has 5 heteroatoms. The Morgan fingerprint density at radius 2 is 2.10 bits per heavy atom. The normalized spacial score (nSPS) is 12.8. The summed E-state index contributed by atoms with van der Waals surface area (Å²) in [5.74, 6) is 1.80. The van der Waals surface area contributed by atoms with Crippen molar-refractivity contribution in [3.8, 4) is 5.75 Å². The van der Waals surface area contributed by atoms with E-state index in [4.69, 9.17) is 15.2 Å². The highest BCUT2D eigenvalue weighted by Gasteiger charge is 2.21. The average molecular weight is 297 g/mol. The lowest BCUT2D eigenvalue weighted by Gasteiger charge is -2.22. The van der Waals surface area contributed by atoms with Crippen LogP contribution in [0.1, 0.15) is 26.3 Å². The number of hydrogen-bond acceptors (Lipinski definition) is 5. The Labute approximate surface area is 125 Å². The van der Waals surface area contributed by atoms with Gasteiger partial charge < -0.3 is 15.2 Å². The molecule has 1 atom stereocenters. The summed E-state index contributed by atoms with van der Waals surface area (Å²) < 4.78 is 10.4. The molecule has 0 aliphatic rings. The second-order valence-electron chi connectivity index (χ2n) is 5.51. The van der Waals surface area contributed by atoms with E-state index in [1.165, 1.54) is 0 Å². The highest BCUT2D eigenvalue weighted by atomic mass is 32.2. The molecule has 0 saturated carbocycles. The largest absolute Gasteiger partial charge is 0.497 e. The average Bonchev–Trinajstić information content (AvgIpc) is 2.37. The summed E-state index contributed by atoms with van der Waals surface area (Å²) in [5, 5.41) is 0. The van der Waals surface area contributed by atoms with Crippen LogP contribution >= 0.6 is 11.8 Å². The van der Waals surface area contributed by atoms with Crippen molar-refractivity contribution in [2.24, 2.45) is 5.73 Å². The molecule has 0 aromatic heterocycles. The maximum Gasteiger partial charge on any atom is 0.324 e. The van der Waals surface area contributed by atoms with E-state index >= 15 is 0 Å². The highest BCUT2D eigenvalue weighted by Crippen LogP contribution is 2.18. The monoisotopic (exact) mass is 297 g/mol. The number of rotatable bonds is 6. The molecule has 2 N–H and O–H groups in total. The van der Waals surface area contributed by atoms with Gasteiger partial charge in [-0.05, 0) is 38.5 Å². The number of benzene rings is 1. The van der Waals surface area contributed by atoms with E-state index in [2.05, 4.69) is 0 Å². The third kappa shape index (κ3) is 6.30. The Balaban J connectivity index is 2.38. The van der Waals surface area contributed by atoms with Crippen molar-refractivity contribution in [2.45, 2.75) is 38.2 Å². The Kier molecular flexibility index (Phi) is 6.36. The van der Waals surface area contributed by atoms with Gasteiger partial charge in [0.1, 0.15) is 17.4 Å². The highest BCUT2D eigenvalue weighted by molar-refractivity contribution is 7.98. The van der Waals surface area contributed by atoms with Gasteiger partial charge in [-0.2, -0.15) is 11.8 Å². The molecular weight excluding hydrogens is 274 g/mol. The van der Waals surface area contributed by atoms with Crippen LogP contribution in [-0.2, 0) is 15.3 Å². The topological polar surface area (TPSA) is 61.5 Å². The number of hydrogen-bond donors (Lipinski definition) is 1. The molecule has 1 aromatic carbocycles. The molecule has 1 aromatic rings. The Morgan fingerprint density at radius 3 is 2.70 bits per heavy atom. The molecule has 0 spiro atoms. The van der Waals surface area contributed by atoms with Crippen molar-refractivity contribution in [1.29, 1.82) is 0 Å². The number of esters is 1. The first-order valence-corrected chi connectivity index (χ1v) is 7.66. The van der Waals surface area contributed by atoms with Gasteiger partial charge >= 0.3 is 5.97 Å². The van der Waals surface area contributed by atoms with E-state index in [1.54, 1.807) is 18.9 Å². The molecule has 112 valence electrons. The summed E-state index contributed by atoms with van der Waals surface area (Å²) in [6.07, 6.45) is 0. The van der Waals surface area contributed by atoms with E-state index in [0.717, 1.165) is 17.1 Å². The number of thioether (sulfide) groups is 1. The first-order valence-electron chi connectivity index (χ1n) is 6.51. The van der Waals surface area contributed by atoms with Gasteiger partial charge in [-0.25, -0.2) is 0 Å². The summed E-state index contributed by atoms with van der Waals surface area (Å²) in [5.41, 5.74) is 6.47. The molecule has 0 saturated heterocycles. The molecular formula is C15H23NO3S. The second-order valence-corrected chi connectivity index (χ2v) is 6.54. The van der Waals surface area contributed by atoms with Gasteiger partial charge in [0, 0.05) is 11.5 Å². The lowest BCUT2D eigenvalue weighted by molar-refractivity contribution is -0.155. The van der Waals surface area contributed by atoms with Gasteiger partial charge in [0.15, 0.2) is 0 Å². The summed E-state index contributed by atoms with van der Waals surface area (Å²) >= 11 is 1.61. The summed E-state index contributed by atoms with van der Waals surface area (Å²) in [7, 11) is 1.64. The van der Waals surface area contributed by atoms with Crippen LogP contribution in [0.25, 0.3) is 0 Å². The number of methoxy groups -OCH3 is 1. The Morgan fingerprint density at radius 1 is 1.40 bits per heavy atom. The SMILES string of the molecule is COc1cccc(CSCC(N)C(=O)OC(C)(C)C)c1. The fourth-order valence-corrected chi connectivity index (χ4v) is 2.43. The van der Waals surface area contributed by atoms with Crippen molar-refractivity contribution in [3.63, 3.8) is 0 Å². The predicted molar refractivity (Wildman–Crippen MR) is 83.0 cm³/mol. The van der Waals surface area contributed by atoms with Crippen molar-refractivity contribution >= 4 is 17.7 Å². The molecule has 0 aliphatic heterocycles. The second kappa shape index (κ2) is 7.55. The maximum atomic E-state index is 11.7. The molecule has 0 aliphatic carbocycles. The minimum atomic E-state index is -0.593. The number of ether oxygens (including phenoxy) is 2. The smallest absolute Gasteiger partial charge is 0.324 e. The molecule has 1 unspecified atom stereocenters. The van der Waals surface area contributed by atoms with Crippen LogP contribution in [0.3, 0.4) is 0 Å². The van der Waals surface area contributed by atoms with E-state index in [9.17, 15) is 4.79 Å². The quantitative estimate of drug-likeness (QED) is 0.818. The zero-order chi connectivity index (χ0) is 15.2. The van der Waals surface area contributed by atoms with Crippen LogP contribution in [0.5, 0.6) is 5.75 Å². The van der Waals surface area contributed by atoms with Gasteiger partial charge in [0.25, 0.3) is 0 Å². The minimum absolute atomic E-state index is 0.351. The van der Waals surface area contributed by atoms with E-state index in [-0.39, 0.29) is 5.97 Å². The zero-order valence-corrected chi connectivity index (χ0v) is 13.3. The van der Waals surface area contributed by atoms with Crippen molar-refractivity contribution in [3.05, 3.63) is 29.8 Å². The van der Waals surface area contributed by atoms with Gasteiger partial charge in [-0.1, -0.05) is 12.1 Å². The number of nitrogens with two attached hydrogens (primary N) is 1. The van der Waals surface area contributed by atoms with Crippen LogP contribution in [0.15, 0.2) is 24.3 Å². The summed E-state index contributed by atoms with van der Waals surface area (Å²) in [6.45, 7) is 5.50. The van der Waals surface area contributed by atoms with Crippen LogP contribution in [0, 0.1) is 0 Å². The fourth-order valence-electron chi connectivity index (χ4n) is 1.51. The number of carbonyl (C=O) groups excluding carboxylic acids is 1. The summed E-state index contributed by atoms with van der Waals surface area (Å²) in [4.78, 5) is 11.7. The third-order valence-corrected chi connectivity index (χ3v) is 3.54. The standard InChI is InChI=1S/C15H23NO3S/c1-15(2,3)19-14(17)13(16)10-20-9-11-6-5-7-12(8-11)18-4/h5-8,13H,9-10,16H2,1-4H3. The first-order chi connectivity index (χ1) is 9.31. The Bertz CT molecular complexity index is 443. The number of carbonyl (C=O) groups is 1. The van der Waals surface area contributed by atoms with Crippen LogP contribution < -0.4 is 10.5 Å². The van der Waals surface area contributed by atoms with Gasteiger partial charge in [-0.3, -0.25) is 4.79 Å². The van der Waals surface area contributed by atoms with Gasteiger partial charge in [0.05, 0.1) is 7.11 Å². The molecule has 20 heavy (non-hydrogen) atoms.